The fourth-order valence-corrected chi connectivity index (χ4v) is 2.20. The largest absolute Gasteiger partial charge is 0.373 e. The summed E-state index contributed by atoms with van der Waals surface area (Å²) in [6.45, 7) is 0.632. The standard InChI is InChI=1S/C12H11ClN2O2/c13-10-3-1-8(2-4-10)11-5-9(6-16-11)12-14-7-17-15-12/h1-4,7,9,11H,5-6H2/t9-,11+/m0/s1. The van der Waals surface area contributed by atoms with E-state index in [1.54, 1.807) is 0 Å². The maximum Gasteiger partial charge on any atom is 0.213 e. The molecule has 3 rings (SSSR count). The average Bonchev–Trinajstić information content (AvgIpc) is 3.00. The highest BCUT2D eigenvalue weighted by Crippen LogP contribution is 2.36. The number of ether oxygens (including phenoxy) is 1. The van der Waals surface area contributed by atoms with E-state index in [0.717, 1.165) is 22.8 Å². The van der Waals surface area contributed by atoms with Gasteiger partial charge < -0.3 is 9.26 Å². The highest BCUT2D eigenvalue weighted by Gasteiger charge is 2.30. The Balaban J connectivity index is 1.74. The predicted octanol–water partition coefficient (Wildman–Crippen LogP) is 2.97. The van der Waals surface area contributed by atoms with Crippen LogP contribution in [0, 0.1) is 0 Å². The van der Waals surface area contributed by atoms with Gasteiger partial charge in [0.2, 0.25) is 6.39 Å². The van der Waals surface area contributed by atoms with Crippen molar-refractivity contribution in [3.63, 3.8) is 0 Å². The summed E-state index contributed by atoms with van der Waals surface area (Å²) in [7, 11) is 0. The minimum Gasteiger partial charge on any atom is -0.373 e. The molecule has 2 atom stereocenters. The summed E-state index contributed by atoms with van der Waals surface area (Å²) in [6.07, 6.45) is 2.32. The molecule has 88 valence electrons. The molecular weight excluding hydrogens is 240 g/mol. The minimum absolute atomic E-state index is 0.0933. The van der Waals surface area contributed by atoms with Gasteiger partial charge >= 0.3 is 0 Å². The number of halogens is 1. The highest BCUT2D eigenvalue weighted by atomic mass is 35.5. The summed E-state index contributed by atoms with van der Waals surface area (Å²) >= 11 is 5.86. The van der Waals surface area contributed by atoms with Crippen molar-refractivity contribution >= 4 is 11.6 Å². The Morgan fingerprint density at radius 3 is 2.76 bits per heavy atom. The maximum atomic E-state index is 5.86. The summed E-state index contributed by atoms with van der Waals surface area (Å²) in [5.41, 5.74) is 1.14. The molecule has 1 saturated heterocycles. The summed E-state index contributed by atoms with van der Waals surface area (Å²) < 4.78 is 10.5. The van der Waals surface area contributed by atoms with Gasteiger partial charge in [-0.1, -0.05) is 28.9 Å². The van der Waals surface area contributed by atoms with E-state index >= 15 is 0 Å². The zero-order valence-electron chi connectivity index (χ0n) is 9.04. The summed E-state index contributed by atoms with van der Waals surface area (Å²) in [6, 6.07) is 7.74. The van der Waals surface area contributed by atoms with E-state index in [4.69, 9.17) is 20.9 Å². The third-order valence-electron chi connectivity index (χ3n) is 2.98. The quantitative estimate of drug-likeness (QED) is 0.822. The van der Waals surface area contributed by atoms with Crippen LogP contribution in [-0.4, -0.2) is 16.7 Å². The molecule has 1 aliphatic rings. The molecular formula is C12H11ClN2O2. The molecule has 0 saturated carbocycles. The number of hydrogen-bond acceptors (Lipinski definition) is 4. The van der Waals surface area contributed by atoms with E-state index in [1.807, 2.05) is 24.3 Å². The van der Waals surface area contributed by atoms with Gasteiger partial charge in [-0.25, -0.2) is 0 Å². The van der Waals surface area contributed by atoms with Crippen LogP contribution in [0.3, 0.4) is 0 Å². The number of aromatic nitrogens is 2. The Hall–Kier alpha value is -1.39. The predicted molar refractivity (Wildman–Crippen MR) is 61.8 cm³/mol. The van der Waals surface area contributed by atoms with E-state index in [1.165, 1.54) is 6.39 Å². The van der Waals surface area contributed by atoms with Gasteiger partial charge in [0.1, 0.15) is 0 Å². The SMILES string of the molecule is Clc1ccc([C@H]2C[C@H](c3ncon3)CO2)cc1. The average molecular weight is 251 g/mol. The van der Waals surface area contributed by atoms with Gasteiger partial charge in [0.15, 0.2) is 5.82 Å². The summed E-state index contributed by atoms with van der Waals surface area (Å²) in [5, 5.41) is 4.59. The zero-order valence-corrected chi connectivity index (χ0v) is 9.80. The summed E-state index contributed by atoms with van der Waals surface area (Å²) in [5.74, 6) is 0.941. The molecule has 0 aliphatic carbocycles. The molecule has 0 amide bonds. The van der Waals surface area contributed by atoms with Crippen LogP contribution >= 0.6 is 11.6 Å². The molecule has 0 radical (unpaired) electrons. The molecule has 1 aromatic heterocycles. The van der Waals surface area contributed by atoms with Crippen LogP contribution in [0.2, 0.25) is 5.02 Å². The minimum atomic E-state index is 0.0933. The van der Waals surface area contributed by atoms with Crippen LogP contribution < -0.4 is 0 Å². The molecule has 17 heavy (non-hydrogen) atoms. The van der Waals surface area contributed by atoms with Crippen molar-refractivity contribution in [1.82, 2.24) is 10.1 Å². The first-order chi connectivity index (χ1) is 8.33. The lowest BCUT2D eigenvalue weighted by Crippen LogP contribution is -1.99. The van der Waals surface area contributed by atoms with Crippen molar-refractivity contribution in [3.05, 3.63) is 47.1 Å². The molecule has 4 nitrogen and oxygen atoms in total. The lowest BCUT2D eigenvalue weighted by molar-refractivity contribution is 0.110. The number of benzene rings is 1. The highest BCUT2D eigenvalue weighted by molar-refractivity contribution is 6.30. The molecule has 1 aliphatic heterocycles. The Kier molecular flexibility index (Phi) is 2.82. The van der Waals surface area contributed by atoms with Crippen molar-refractivity contribution in [2.24, 2.45) is 0 Å². The molecule has 1 fully saturated rings. The molecule has 5 heteroatoms. The smallest absolute Gasteiger partial charge is 0.213 e. The van der Waals surface area contributed by atoms with E-state index in [9.17, 15) is 0 Å². The Bertz CT molecular complexity index is 484. The first-order valence-corrected chi connectivity index (χ1v) is 5.84. The zero-order chi connectivity index (χ0) is 11.7. The summed E-state index contributed by atoms with van der Waals surface area (Å²) in [4.78, 5) is 4.06. The Morgan fingerprint density at radius 2 is 2.06 bits per heavy atom. The number of rotatable bonds is 2. The molecule has 2 aromatic rings. The van der Waals surface area contributed by atoms with Gasteiger partial charge in [-0.15, -0.1) is 0 Å². The monoisotopic (exact) mass is 250 g/mol. The molecule has 0 unspecified atom stereocenters. The van der Waals surface area contributed by atoms with Gasteiger partial charge in [-0.2, -0.15) is 4.98 Å². The van der Waals surface area contributed by atoms with Gasteiger partial charge in [0.05, 0.1) is 12.7 Å². The van der Waals surface area contributed by atoms with Gasteiger partial charge in [-0.05, 0) is 24.1 Å². The maximum absolute atomic E-state index is 5.86. The van der Waals surface area contributed by atoms with Crippen LogP contribution in [-0.2, 0) is 4.74 Å². The molecule has 0 bridgehead atoms. The van der Waals surface area contributed by atoms with Crippen molar-refractivity contribution in [1.29, 1.82) is 0 Å². The first kappa shape index (κ1) is 10.7. The van der Waals surface area contributed by atoms with Crippen LogP contribution in [0.1, 0.15) is 29.8 Å². The molecule has 0 N–H and O–H groups in total. The Morgan fingerprint density at radius 1 is 1.24 bits per heavy atom. The number of hydrogen-bond donors (Lipinski definition) is 0. The van der Waals surface area contributed by atoms with Crippen LogP contribution in [0.15, 0.2) is 35.2 Å². The van der Waals surface area contributed by atoms with E-state index in [2.05, 4.69) is 10.1 Å². The number of nitrogens with zero attached hydrogens (tertiary/aromatic N) is 2. The van der Waals surface area contributed by atoms with Gasteiger partial charge in [0.25, 0.3) is 0 Å². The van der Waals surface area contributed by atoms with E-state index in [-0.39, 0.29) is 12.0 Å². The van der Waals surface area contributed by atoms with E-state index < -0.39 is 0 Å². The van der Waals surface area contributed by atoms with Gasteiger partial charge in [0, 0.05) is 10.9 Å². The van der Waals surface area contributed by atoms with Crippen LogP contribution in [0.5, 0.6) is 0 Å². The van der Waals surface area contributed by atoms with E-state index in [0.29, 0.717) is 6.61 Å². The van der Waals surface area contributed by atoms with Crippen molar-refractivity contribution < 1.29 is 9.26 Å². The Labute approximate surface area is 104 Å². The second-order valence-corrected chi connectivity index (χ2v) is 4.53. The lowest BCUT2D eigenvalue weighted by Gasteiger charge is -2.09. The van der Waals surface area contributed by atoms with Crippen LogP contribution in [0.4, 0.5) is 0 Å². The van der Waals surface area contributed by atoms with Gasteiger partial charge in [-0.3, -0.25) is 0 Å². The molecule has 0 spiro atoms. The first-order valence-electron chi connectivity index (χ1n) is 5.46. The topological polar surface area (TPSA) is 48.2 Å². The fraction of sp³-hybridized carbons (Fsp3) is 0.333. The molecule has 1 aromatic carbocycles. The second kappa shape index (κ2) is 4.47. The van der Waals surface area contributed by atoms with Crippen molar-refractivity contribution in [3.8, 4) is 0 Å². The second-order valence-electron chi connectivity index (χ2n) is 4.10. The lowest BCUT2D eigenvalue weighted by atomic mass is 10.0. The third-order valence-corrected chi connectivity index (χ3v) is 3.23. The van der Waals surface area contributed by atoms with Crippen LogP contribution in [0.25, 0.3) is 0 Å². The normalized spacial score (nSPS) is 24.1. The van der Waals surface area contributed by atoms with Crippen molar-refractivity contribution in [2.75, 3.05) is 6.61 Å². The van der Waals surface area contributed by atoms with Crippen molar-refractivity contribution in [2.45, 2.75) is 18.4 Å². The third kappa shape index (κ3) is 2.18. The molecule has 2 heterocycles. The fourth-order valence-electron chi connectivity index (χ4n) is 2.08.